The van der Waals surface area contributed by atoms with E-state index >= 15 is 0 Å². The molecule has 0 saturated heterocycles. The van der Waals surface area contributed by atoms with Crippen LogP contribution in [0.5, 0.6) is 11.5 Å². The summed E-state index contributed by atoms with van der Waals surface area (Å²) in [6, 6.07) is 5.42. The Labute approximate surface area is 120 Å². The lowest BCUT2D eigenvalue weighted by molar-refractivity contribution is -0.125. The van der Waals surface area contributed by atoms with Crippen molar-refractivity contribution in [1.82, 2.24) is 5.32 Å². The Kier molecular flexibility index (Phi) is 6.31. The highest BCUT2D eigenvalue weighted by Gasteiger charge is 2.18. The molecule has 112 valence electrons. The molecule has 20 heavy (non-hydrogen) atoms. The molecule has 5 nitrogen and oxygen atoms in total. The van der Waals surface area contributed by atoms with Crippen LogP contribution in [0.4, 0.5) is 0 Å². The molecule has 0 fully saturated rings. The van der Waals surface area contributed by atoms with Gasteiger partial charge in [-0.25, -0.2) is 0 Å². The van der Waals surface area contributed by atoms with E-state index in [1.165, 1.54) is 0 Å². The summed E-state index contributed by atoms with van der Waals surface area (Å²) in [4.78, 5) is 12.0. The molecule has 0 saturated carbocycles. The van der Waals surface area contributed by atoms with E-state index in [-0.39, 0.29) is 17.9 Å². The Bertz CT molecular complexity index is 449. The second-order valence-corrected chi connectivity index (χ2v) is 4.82. The number of carbonyl (C=O) groups is 1. The maximum atomic E-state index is 12.0. The van der Waals surface area contributed by atoms with Gasteiger partial charge in [-0.15, -0.1) is 0 Å². The van der Waals surface area contributed by atoms with Crippen LogP contribution < -0.4 is 20.5 Å². The average molecular weight is 280 g/mol. The van der Waals surface area contributed by atoms with Gasteiger partial charge in [-0.3, -0.25) is 4.79 Å². The molecule has 0 radical (unpaired) electrons. The molecule has 2 unspecified atom stereocenters. The third-order valence-electron chi connectivity index (χ3n) is 3.31. The molecule has 1 aromatic carbocycles. The number of hydrogen-bond acceptors (Lipinski definition) is 4. The quantitative estimate of drug-likeness (QED) is 0.799. The van der Waals surface area contributed by atoms with E-state index in [1.54, 1.807) is 20.3 Å². The Morgan fingerprint density at radius 3 is 2.55 bits per heavy atom. The van der Waals surface area contributed by atoms with Gasteiger partial charge in [0.1, 0.15) is 11.5 Å². The lowest BCUT2D eigenvalue weighted by Gasteiger charge is -2.20. The molecule has 5 heteroatoms. The third-order valence-corrected chi connectivity index (χ3v) is 3.31. The van der Waals surface area contributed by atoms with E-state index in [2.05, 4.69) is 5.32 Å². The molecular weight excluding hydrogens is 256 g/mol. The van der Waals surface area contributed by atoms with Gasteiger partial charge in [0, 0.05) is 17.5 Å². The first-order valence-electron chi connectivity index (χ1n) is 6.75. The standard InChI is InChI=1S/C15H24N2O3/c1-10(7-8-16)15(18)17-11(2)13-6-5-12(19-3)9-14(13)20-4/h5-6,9-11H,7-8,16H2,1-4H3,(H,17,18). The fourth-order valence-electron chi connectivity index (χ4n) is 1.99. The summed E-state index contributed by atoms with van der Waals surface area (Å²) in [5.41, 5.74) is 6.39. The summed E-state index contributed by atoms with van der Waals surface area (Å²) in [7, 11) is 3.21. The van der Waals surface area contributed by atoms with Crippen LogP contribution in [0.25, 0.3) is 0 Å². The molecule has 0 spiro atoms. The van der Waals surface area contributed by atoms with Gasteiger partial charge in [-0.05, 0) is 32.0 Å². The van der Waals surface area contributed by atoms with Crippen LogP contribution in [0.3, 0.4) is 0 Å². The normalized spacial score (nSPS) is 13.4. The second-order valence-electron chi connectivity index (χ2n) is 4.82. The first-order valence-corrected chi connectivity index (χ1v) is 6.75. The van der Waals surface area contributed by atoms with Crippen molar-refractivity contribution in [3.8, 4) is 11.5 Å². The number of nitrogens with two attached hydrogens (primary N) is 1. The number of benzene rings is 1. The number of amides is 1. The molecule has 0 aliphatic heterocycles. The lowest BCUT2D eigenvalue weighted by atomic mass is 10.0. The van der Waals surface area contributed by atoms with Crippen molar-refractivity contribution in [1.29, 1.82) is 0 Å². The minimum atomic E-state index is -0.136. The SMILES string of the molecule is COc1ccc(C(C)NC(=O)C(C)CCN)c(OC)c1. The van der Waals surface area contributed by atoms with E-state index in [4.69, 9.17) is 15.2 Å². The van der Waals surface area contributed by atoms with E-state index in [0.29, 0.717) is 18.7 Å². The average Bonchev–Trinajstić information content (AvgIpc) is 2.46. The lowest BCUT2D eigenvalue weighted by Crippen LogP contribution is -2.32. The summed E-state index contributed by atoms with van der Waals surface area (Å²) in [6.45, 7) is 4.31. The van der Waals surface area contributed by atoms with Gasteiger partial charge in [0.2, 0.25) is 5.91 Å². The molecule has 0 aliphatic carbocycles. The maximum Gasteiger partial charge on any atom is 0.223 e. The first-order chi connectivity index (χ1) is 9.53. The number of methoxy groups -OCH3 is 2. The molecule has 0 heterocycles. The predicted octanol–water partition coefficient (Wildman–Crippen LogP) is 1.87. The Hall–Kier alpha value is -1.75. The van der Waals surface area contributed by atoms with E-state index in [1.807, 2.05) is 26.0 Å². The number of rotatable bonds is 7. The number of ether oxygens (including phenoxy) is 2. The minimum absolute atomic E-state index is 0.000760. The highest BCUT2D eigenvalue weighted by molar-refractivity contribution is 5.78. The number of nitrogens with one attached hydrogen (secondary N) is 1. The van der Waals surface area contributed by atoms with Crippen molar-refractivity contribution in [2.24, 2.45) is 11.7 Å². The molecule has 0 aliphatic rings. The smallest absolute Gasteiger partial charge is 0.223 e. The summed E-state index contributed by atoms with van der Waals surface area (Å²) in [5.74, 6) is 1.33. The largest absolute Gasteiger partial charge is 0.497 e. The zero-order valence-electron chi connectivity index (χ0n) is 12.6. The van der Waals surface area contributed by atoms with Crippen molar-refractivity contribution in [3.05, 3.63) is 23.8 Å². The topological polar surface area (TPSA) is 73.6 Å². The Morgan fingerprint density at radius 1 is 1.30 bits per heavy atom. The van der Waals surface area contributed by atoms with Crippen molar-refractivity contribution in [3.63, 3.8) is 0 Å². The van der Waals surface area contributed by atoms with Gasteiger partial charge >= 0.3 is 0 Å². The molecule has 3 N–H and O–H groups in total. The van der Waals surface area contributed by atoms with Crippen molar-refractivity contribution >= 4 is 5.91 Å². The van der Waals surface area contributed by atoms with Crippen LogP contribution in [0.1, 0.15) is 31.9 Å². The van der Waals surface area contributed by atoms with E-state index in [9.17, 15) is 4.79 Å². The van der Waals surface area contributed by atoms with Crippen molar-refractivity contribution in [2.45, 2.75) is 26.3 Å². The fourth-order valence-corrected chi connectivity index (χ4v) is 1.99. The molecule has 1 rings (SSSR count). The monoisotopic (exact) mass is 280 g/mol. The van der Waals surface area contributed by atoms with Crippen LogP contribution in [0.2, 0.25) is 0 Å². The van der Waals surface area contributed by atoms with Gasteiger partial charge in [-0.2, -0.15) is 0 Å². The van der Waals surface area contributed by atoms with Gasteiger partial charge < -0.3 is 20.5 Å². The van der Waals surface area contributed by atoms with Gasteiger partial charge in [-0.1, -0.05) is 6.92 Å². The molecule has 1 aromatic rings. The van der Waals surface area contributed by atoms with Crippen molar-refractivity contribution < 1.29 is 14.3 Å². The summed E-state index contributed by atoms with van der Waals surface area (Å²) in [5, 5.41) is 2.98. The van der Waals surface area contributed by atoms with Crippen molar-refractivity contribution in [2.75, 3.05) is 20.8 Å². The Morgan fingerprint density at radius 2 is 2.00 bits per heavy atom. The highest BCUT2D eigenvalue weighted by Crippen LogP contribution is 2.29. The van der Waals surface area contributed by atoms with Crippen LogP contribution >= 0.6 is 0 Å². The minimum Gasteiger partial charge on any atom is -0.497 e. The molecule has 1 amide bonds. The Balaban J connectivity index is 2.81. The molecule has 2 atom stereocenters. The van der Waals surface area contributed by atoms with E-state index < -0.39 is 0 Å². The molecule has 0 aromatic heterocycles. The van der Waals surface area contributed by atoms with Gasteiger partial charge in [0.25, 0.3) is 0 Å². The maximum absolute atomic E-state index is 12.0. The van der Waals surface area contributed by atoms with E-state index in [0.717, 1.165) is 11.3 Å². The fraction of sp³-hybridized carbons (Fsp3) is 0.533. The molecular formula is C15H24N2O3. The predicted molar refractivity (Wildman–Crippen MR) is 78.9 cm³/mol. The second kappa shape index (κ2) is 7.75. The van der Waals surface area contributed by atoms with Crippen LogP contribution in [0.15, 0.2) is 18.2 Å². The van der Waals surface area contributed by atoms with Crippen LogP contribution in [-0.4, -0.2) is 26.7 Å². The number of carbonyl (C=O) groups excluding carboxylic acids is 1. The zero-order chi connectivity index (χ0) is 15.1. The third kappa shape index (κ3) is 4.13. The summed E-state index contributed by atoms with van der Waals surface area (Å²) in [6.07, 6.45) is 0.679. The van der Waals surface area contributed by atoms with Gasteiger partial charge in [0.15, 0.2) is 0 Å². The van der Waals surface area contributed by atoms with Crippen LogP contribution in [0, 0.1) is 5.92 Å². The summed E-state index contributed by atoms with van der Waals surface area (Å²) >= 11 is 0. The first kappa shape index (κ1) is 16.3. The van der Waals surface area contributed by atoms with Gasteiger partial charge in [0.05, 0.1) is 20.3 Å². The van der Waals surface area contributed by atoms with Crippen LogP contribution in [-0.2, 0) is 4.79 Å². The number of hydrogen-bond donors (Lipinski definition) is 2. The zero-order valence-corrected chi connectivity index (χ0v) is 12.6. The summed E-state index contributed by atoms with van der Waals surface area (Å²) < 4.78 is 10.5. The molecule has 0 bridgehead atoms. The highest BCUT2D eigenvalue weighted by atomic mass is 16.5.